The number of amides is 1. The van der Waals surface area contributed by atoms with E-state index in [0.29, 0.717) is 23.3 Å². The van der Waals surface area contributed by atoms with Crippen LogP contribution in [0.25, 0.3) is 11.0 Å². The van der Waals surface area contributed by atoms with Gasteiger partial charge in [-0.2, -0.15) is 0 Å². The van der Waals surface area contributed by atoms with Crippen LogP contribution in [0.5, 0.6) is 5.75 Å². The number of methoxy groups -OCH3 is 1. The molecule has 0 unspecified atom stereocenters. The van der Waals surface area contributed by atoms with Gasteiger partial charge in [-0.15, -0.1) is 0 Å². The van der Waals surface area contributed by atoms with Gasteiger partial charge in [-0.05, 0) is 38.5 Å². The fourth-order valence-electron chi connectivity index (χ4n) is 2.98. The largest absolute Gasteiger partial charge is 0.497 e. The fraction of sp³-hybridized carbons (Fsp3) is 0.438. The van der Waals surface area contributed by atoms with Crippen LogP contribution >= 0.6 is 0 Å². The Morgan fingerprint density at radius 3 is 2.74 bits per heavy atom. The Balaban J connectivity index is 1.91. The van der Waals surface area contributed by atoms with Crippen LogP contribution in [-0.4, -0.2) is 38.5 Å². The second-order valence-electron chi connectivity index (χ2n) is 6.28. The smallest absolute Gasteiger partial charge is 0.287 e. The van der Waals surface area contributed by atoms with Crippen LogP contribution < -0.4 is 10.1 Å². The zero-order valence-electron chi connectivity index (χ0n) is 13.3. The summed E-state index contributed by atoms with van der Waals surface area (Å²) < 4.78 is 34.1. The molecule has 2 aromatic rings. The topological polar surface area (TPSA) is 85.6 Å². The first-order valence-corrected chi connectivity index (χ1v) is 9.15. The Bertz CT molecular complexity index is 883. The van der Waals surface area contributed by atoms with E-state index < -0.39 is 21.3 Å². The van der Waals surface area contributed by atoms with Crippen LogP contribution in [0.1, 0.15) is 29.5 Å². The molecule has 0 spiro atoms. The van der Waals surface area contributed by atoms with Gasteiger partial charge < -0.3 is 14.5 Å². The number of ether oxygens (including phenoxy) is 1. The standard InChI is InChI=1S/C16H19NO5S/c1-10-12-8-11(21-3)4-5-13(12)22-14(10)15(18)17-16(2)6-7-23(19,20)9-16/h4-5,8H,6-7,9H2,1-3H3,(H,17,18)/t16-/m1/s1. The maximum Gasteiger partial charge on any atom is 0.287 e. The normalized spacial score (nSPS) is 23.1. The molecule has 6 nitrogen and oxygen atoms in total. The molecule has 1 aliphatic heterocycles. The van der Waals surface area contributed by atoms with E-state index in [9.17, 15) is 13.2 Å². The zero-order valence-corrected chi connectivity index (χ0v) is 14.1. The summed E-state index contributed by atoms with van der Waals surface area (Å²) >= 11 is 0. The highest BCUT2D eigenvalue weighted by molar-refractivity contribution is 7.91. The van der Waals surface area contributed by atoms with Gasteiger partial charge in [-0.3, -0.25) is 4.79 Å². The molecule has 1 fully saturated rings. The molecule has 2 heterocycles. The molecule has 124 valence electrons. The SMILES string of the molecule is COc1ccc2oc(C(=O)N[C@]3(C)CCS(=O)(=O)C3)c(C)c2c1. The number of hydrogen-bond acceptors (Lipinski definition) is 5. The van der Waals surface area contributed by atoms with Gasteiger partial charge in [0.2, 0.25) is 0 Å². The Labute approximate surface area is 134 Å². The van der Waals surface area contributed by atoms with Crippen LogP contribution in [-0.2, 0) is 9.84 Å². The lowest BCUT2D eigenvalue weighted by molar-refractivity contribution is 0.0888. The van der Waals surface area contributed by atoms with Crippen molar-refractivity contribution in [2.45, 2.75) is 25.8 Å². The number of carbonyl (C=O) groups is 1. The molecule has 1 amide bonds. The van der Waals surface area contributed by atoms with Gasteiger partial charge in [0.05, 0.1) is 24.2 Å². The van der Waals surface area contributed by atoms with Crippen molar-refractivity contribution in [1.29, 1.82) is 0 Å². The number of carbonyl (C=O) groups excluding carboxylic acids is 1. The first kappa shape index (κ1) is 15.9. The van der Waals surface area contributed by atoms with E-state index in [1.807, 2.05) is 6.07 Å². The summed E-state index contributed by atoms with van der Waals surface area (Å²) in [6.07, 6.45) is 0.411. The van der Waals surface area contributed by atoms with Crippen molar-refractivity contribution >= 4 is 26.7 Å². The predicted octanol–water partition coefficient (Wildman–Crippen LogP) is 2.06. The molecular formula is C16H19NO5S. The third-order valence-electron chi connectivity index (χ3n) is 4.27. The summed E-state index contributed by atoms with van der Waals surface area (Å²) in [5.41, 5.74) is 0.553. The second kappa shape index (κ2) is 5.26. The minimum absolute atomic E-state index is 0.0428. The fourth-order valence-corrected chi connectivity index (χ4v) is 5.08. The Morgan fingerprint density at radius 1 is 1.39 bits per heavy atom. The number of aryl methyl sites for hydroxylation is 1. The van der Waals surface area contributed by atoms with Gasteiger partial charge in [0.25, 0.3) is 5.91 Å². The zero-order chi connectivity index (χ0) is 16.8. The minimum atomic E-state index is -3.09. The molecule has 7 heteroatoms. The van der Waals surface area contributed by atoms with Crippen molar-refractivity contribution in [3.05, 3.63) is 29.5 Å². The number of hydrogen-bond donors (Lipinski definition) is 1. The van der Waals surface area contributed by atoms with Crippen molar-refractivity contribution in [2.24, 2.45) is 0 Å². The number of nitrogens with one attached hydrogen (secondary N) is 1. The summed E-state index contributed by atoms with van der Waals surface area (Å²) in [5.74, 6) is 0.553. The monoisotopic (exact) mass is 337 g/mol. The first-order chi connectivity index (χ1) is 10.7. The Hall–Kier alpha value is -2.02. The van der Waals surface area contributed by atoms with E-state index in [2.05, 4.69) is 5.32 Å². The van der Waals surface area contributed by atoms with E-state index in [0.717, 1.165) is 5.39 Å². The van der Waals surface area contributed by atoms with Crippen LogP contribution in [0.2, 0.25) is 0 Å². The van der Waals surface area contributed by atoms with E-state index >= 15 is 0 Å². The van der Waals surface area contributed by atoms with E-state index in [1.54, 1.807) is 33.1 Å². The highest BCUT2D eigenvalue weighted by Gasteiger charge is 2.40. The molecule has 1 saturated heterocycles. The number of fused-ring (bicyclic) bond motifs is 1. The highest BCUT2D eigenvalue weighted by atomic mass is 32.2. The number of rotatable bonds is 3. The summed E-state index contributed by atoms with van der Waals surface area (Å²) in [4.78, 5) is 12.5. The third-order valence-corrected chi connectivity index (χ3v) is 6.17. The number of furan rings is 1. The molecule has 23 heavy (non-hydrogen) atoms. The lowest BCUT2D eigenvalue weighted by Gasteiger charge is -2.23. The first-order valence-electron chi connectivity index (χ1n) is 7.33. The van der Waals surface area contributed by atoms with Gasteiger partial charge >= 0.3 is 0 Å². The third kappa shape index (κ3) is 2.93. The molecule has 0 aliphatic carbocycles. The maximum absolute atomic E-state index is 12.5. The average Bonchev–Trinajstić information content (AvgIpc) is 2.95. The molecular weight excluding hydrogens is 318 g/mol. The van der Waals surface area contributed by atoms with Gasteiger partial charge in [-0.25, -0.2) is 8.42 Å². The van der Waals surface area contributed by atoms with E-state index in [-0.39, 0.29) is 17.3 Å². The Morgan fingerprint density at radius 2 is 2.13 bits per heavy atom. The summed E-state index contributed by atoms with van der Waals surface area (Å²) in [6.45, 7) is 3.55. The maximum atomic E-state index is 12.5. The quantitative estimate of drug-likeness (QED) is 0.926. The van der Waals surface area contributed by atoms with Crippen LogP contribution in [0.15, 0.2) is 22.6 Å². The van der Waals surface area contributed by atoms with Crippen molar-refractivity contribution in [1.82, 2.24) is 5.32 Å². The Kier molecular flexibility index (Phi) is 3.63. The summed E-state index contributed by atoms with van der Waals surface area (Å²) in [5, 5.41) is 3.62. The average molecular weight is 337 g/mol. The molecule has 1 aromatic heterocycles. The molecule has 0 radical (unpaired) electrons. The van der Waals surface area contributed by atoms with Crippen LogP contribution in [0, 0.1) is 6.92 Å². The minimum Gasteiger partial charge on any atom is -0.497 e. The lowest BCUT2D eigenvalue weighted by atomic mass is 10.0. The molecule has 1 atom stereocenters. The van der Waals surface area contributed by atoms with Crippen molar-refractivity contribution in [3.8, 4) is 5.75 Å². The molecule has 1 aliphatic rings. The summed E-state index contributed by atoms with van der Waals surface area (Å²) in [6, 6.07) is 5.32. The van der Waals surface area contributed by atoms with Crippen molar-refractivity contribution in [2.75, 3.05) is 18.6 Å². The number of sulfone groups is 1. The highest BCUT2D eigenvalue weighted by Crippen LogP contribution is 2.30. The van der Waals surface area contributed by atoms with Gasteiger partial charge in [0.1, 0.15) is 11.3 Å². The van der Waals surface area contributed by atoms with Gasteiger partial charge in [-0.1, -0.05) is 0 Å². The predicted molar refractivity (Wildman–Crippen MR) is 86.6 cm³/mol. The molecule has 1 aromatic carbocycles. The van der Waals surface area contributed by atoms with E-state index in [1.165, 1.54) is 0 Å². The van der Waals surface area contributed by atoms with E-state index in [4.69, 9.17) is 9.15 Å². The number of benzene rings is 1. The van der Waals surface area contributed by atoms with Crippen molar-refractivity contribution in [3.63, 3.8) is 0 Å². The molecule has 0 bridgehead atoms. The van der Waals surface area contributed by atoms with Crippen molar-refractivity contribution < 1.29 is 22.4 Å². The summed E-state index contributed by atoms with van der Waals surface area (Å²) in [7, 11) is -1.51. The molecule has 0 saturated carbocycles. The molecule has 3 rings (SSSR count). The van der Waals surface area contributed by atoms with Crippen LogP contribution in [0.4, 0.5) is 0 Å². The van der Waals surface area contributed by atoms with Gasteiger partial charge in [0.15, 0.2) is 15.6 Å². The van der Waals surface area contributed by atoms with Gasteiger partial charge in [0, 0.05) is 10.9 Å². The second-order valence-corrected chi connectivity index (χ2v) is 8.46. The lowest BCUT2D eigenvalue weighted by Crippen LogP contribution is -2.47. The van der Waals surface area contributed by atoms with Crippen LogP contribution in [0.3, 0.4) is 0 Å². The molecule has 1 N–H and O–H groups in total.